The Bertz CT molecular complexity index is 1480. The van der Waals surface area contributed by atoms with E-state index in [9.17, 15) is 19.8 Å². The van der Waals surface area contributed by atoms with Crippen molar-refractivity contribution in [2.75, 3.05) is 5.32 Å². The fourth-order valence-electron chi connectivity index (χ4n) is 4.34. The van der Waals surface area contributed by atoms with E-state index in [1.54, 1.807) is 62.0 Å². The zero-order valence-electron chi connectivity index (χ0n) is 20.5. The highest BCUT2D eigenvalue weighted by Crippen LogP contribution is 2.31. The van der Waals surface area contributed by atoms with Crippen molar-refractivity contribution >= 4 is 22.4 Å². The zero-order chi connectivity index (χ0) is 25.5. The number of anilines is 1. The zero-order valence-corrected chi connectivity index (χ0v) is 20.5. The summed E-state index contributed by atoms with van der Waals surface area (Å²) >= 11 is 0. The number of benzene rings is 2. The quantitative estimate of drug-likeness (QED) is 0.365. The van der Waals surface area contributed by atoms with Crippen LogP contribution in [-0.4, -0.2) is 25.7 Å². The Morgan fingerprint density at radius 2 is 1.80 bits per heavy atom. The first-order valence-electron chi connectivity index (χ1n) is 11.4. The average molecular weight is 472 g/mol. The molecule has 1 atom stereocenters. The highest BCUT2D eigenvalue weighted by Gasteiger charge is 2.20. The summed E-state index contributed by atoms with van der Waals surface area (Å²) in [5.74, 6) is -1.01. The molecule has 4 rings (SSSR count). The molecule has 1 unspecified atom stereocenters. The van der Waals surface area contributed by atoms with Crippen LogP contribution < -0.4 is 10.9 Å². The van der Waals surface area contributed by atoms with E-state index in [1.165, 1.54) is 0 Å². The molecule has 35 heavy (non-hydrogen) atoms. The maximum Gasteiger partial charge on any atom is 0.337 e. The van der Waals surface area contributed by atoms with Crippen molar-refractivity contribution in [1.29, 1.82) is 0 Å². The number of carboxylic acids is 1. The van der Waals surface area contributed by atoms with Gasteiger partial charge >= 0.3 is 5.97 Å². The normalized spacial score (nSPS) is 12.5. The number of para-hydroxylation sites is 1. The van der Waals surface area contributed by atoms with Gasteiger partial charge in [0.1, 0.15) is 5.60 Å². The Balaban J connectivity index is 1.86. The molecule has 180 valence electrons. The fourth-order valence-corrected chi connectivity index (χ4v) is 4.34. The van der Waals surface area contributed by atoms with Crippen LogP contribution in [0.5, 0.6) is 0 Å². The minimum Gasteiger partial charge on any atom is -0.478 e. The monoisotopic (exact) mass is 471 g/mol. The highest BCUT2D eigenvalue weighted by atomic mass is 16.4. The number of nitrogens with one attached hydrogen (secondary N) is 1. The van der Waals surface area contributed by atoms with Crippen LogP contribution in [0.3, 0.4) is 0 Å². The largest absolute Gasteiger partial charge is 0.478 e. The third-order valence-corrected chi connectivity index (χ3v) is 6.22. The van der Waals surface area contributed by atoms with Crippen LogP contribution in [0.25, 0.3) is 22.0 Å². The summed E-state index contributed by atoms with van der Waals surface area (Å²) < 4.78 is 1.60. The van der Waals surface area contributed by atoms with Crippen LogP contribution in [0.4, 0.5) is 5.69 Å². The van der Waals surface area contributed by atoms with E-state index in [0.29, 0.717) is 22.5 Å². The molecular weight excluding hydrogens is 442 g/mol. The molecule has 2 aromatic carbocycles. The predicted molar refractivity (Wildman–Crippen MR) is 138 cm³/mol. The molecule has 4 aromatic rings. The summed E-state index contributed by atoms with van der Waals surface area (Å²) in [6.45, 7) is 7.23. The third-order valence-electron chi connectivity index (χ3n) is 6.22. The number of hydrogen-bond acceptors (Lipinski definition) is 5. The van der Waals surface area contributed by atoms with E-state index < -0.39 is 11.6 Å². The van der Waals surface area contributed by atoms with Crippen LogP contribution in [0.1, 0.15) is 54.0 Å². The van der Waals surface area contributed by atoms with E-state index in [2.05, 4.69) is 10.3 Å². The number of carbonyl (C=O) groups is 1. The lowest BCUT2D eigenvalue weighted by atomic mass is 9.95. The van der Waals surface area contributed by atoms with E-state index in [1.807, 2.05) is 38.1 Å². The van der Waals surface area contributed by atoms with Crippen molar-refractivity contribution in [3.63, 3.8) is 0 Å². The Morgan fingerprint density at radius 3 is 2.43 bits per heavy atom. The highest BCUT2D eigenvalue weighted by molar-refractivity contribution is 5.94. The molecule has 0 saturated carbocycles. The van der Waals surface area contributed by atoms with Crippen molar-refractivity contribution in [3.8, 4) is 11.3 Å². The molecule has 0 radical (unpaired) electrons. The minimum absolute atomic E-state index is 0.132. The van der Waals surface area contributed by atoms with Crippen molar-refractivity contribution in [2.45, 2.75) is 39.3 Å². The smallest absolute Gasteiger partial charge is 0.337 e. The lowest BCUT2D eigenvalue weighted by Crippen LogP contribution is -2.20. The second-order valence-corrected chi connectivity index (χ2v) is 9.42. The van der Waals surface area contributed by atoms with Crippen molar-refractivity contribution in [1.82, 2.24) is 9.55 Å². The van der Waals surface area contributed by atoms with E-state index in [0.717, 1.165) is 22.1 Å². The van der Waals surface area contributed by atoms with E-state index in [-0.39, 0.29) is 17.2 Å². The molecule has 2 heterocycles. The number of aliphatic hydroxyl groups is 1. The first-order valence-corrected chi connectivity index (χ1v) is 11.4. The van der Waals surface area contributed by atoms with Gasteiger partial charge in [-0.3, -0.25) is 9.78 Å². The second kappa shape index (κ2) is 9.00. The van der Waals surface area contributed by atoms with Gasteiger partial charge in [0.25, 0.3) is 5.56 Å². The van der Waals surface area contributed by atoms with Crippen molar-refractivity contribution in [2.24, 2.45) is 7.05 Å². The second-order valence-electron chi connectivity index (χ2n) is 9.42. The van der Waals surface area contributed by atoms with Gasteiger partial charge in [-0.2, -0.15) is 0 Å². The van der Waals surface area contributed by atoms with Gasteiger partial charge in [-0.15, -0.1) is 0 Å². The van der Waals surface area contributed by atoms with Gasteiger partial charge in [0.15, 0.2) is 0 Å². The maximum atomic E-state index is 13.4. The third kappa shape index (κ3) is 4.68. The van der Waals surface area contributed by atoms with E-state index in [4.69, 9.17) is 0 Å². The lowest BCUT2D eigenvalue weighted by molar-refractivity contribution is 0.0696. The van der Waals surface area contributed by atoms with Crippen LogP contribution in [0, 0.1) is 6.92 Å². The minimum atomic E-state index is -1.06. The number of fused-ring (bicyclic) bond motifs is 1. The summed E-state index contributed by atoms with van der Waals surface area (Å²) in [6.07, 6.45) is 1.66. The molecular formula is C28H29N3O4. The molecule has 3 N–H and O–H groups in total. The Morgan fingerprint density at radius 1 is 1.09 bits per heavy atom. The molecule has 0 fully saturated rings. The number of aromatic carboxylic acids is 1. The standard InChI is InChI=1S/C28H29N3O4/c1-16-12-20(17(2)30-23-9-7-6-8-19(23)27(33)34)21-14-24(31(5)26(32)22(21)13-16)18-10-11-25(29-15-18)28(3,4)35/h6-15,17,30,35H,1-5H3,(H,33,34). The fraction of sp³-hybridized carbons (Fsp3) is 0.250. The SMILES string of the molecule is Cc1cc(C(C)Nc2ccccc2C(=O)O)c2cc(-c3ccc(C(C)(C)O)nc3)n(C)c(=O)c2c1. The van der Waals surface area contributed by atoms with Gasteiger partial charge in [0.05, 0.1) is 17.0 Å². The molecule has 7 heteroatoms. The number of aryl methyl sites for hydroxylation is 1. The Hall–Kier alpha value is -3.97. The Labute approximate surface area is 203 Å². The van der Waals surface area contributed by atoms with Crippen LogP contribution in [0.15, 0.2) is 65.6 Å². The molecule has 0 saturated heterocycles. The van der Waals surface area contributed by atoms with Gasteiger partial charge in [-0.25, -0.2) is 4.79 Å². The summed E-state index contributed by atoms with van der Waals surface area (Å²) in [4.78, 5) is 29.4. The summed E-state index contributed by atoms with van der Waals surface area (Å²) in [5.41, 5.74) is 3.32. The number of carboxylic acid groups (broad SMARTS) is 1. The molecule has 0 spiro atoms. The maximum absolute atomic E-state index is 13.4. The molecule has 0 bridgehead atoms. The average Bonchev–Trinajstić information content (AvgIpc) is 2.81. The molecule has 0 aliphatic carbocycles. The van der Waals surface area contributed by atoms with Crippen molar-refractivity contribution in [3.05, 3.63) is 93.5 Å². The van der Waals surface area contributed by atoms with Crippen LogP contribution in [0.2, 0.25) is 0 Å². The van der Waals surface area contributed by atoms with Gasteiger partial charge in [-0.1, -0.05) is 18.2 Å². The van der Waals surface area contributed by atoms with Gasteiger partial charge in [0, 0.05) is 35.9 Å². The molecule has 7 nitrogen and oxygen atoms in total. The molecule has 0 aliphatic rings. The first-order chi connectivity index (χ1) is 16.5. The number of aromatic nitrogens is 2. The summed E-state index contributed by atoms with van der Waals surface area (Å²) in [5, 5.41) is 24.5. The lowest BCUT2D eigenvalue weighted by Gasteiger charge is -2.21. The van der Waals surface area contributed by atoms with Crippen LogP contribution in [-0.2, 0) is 12.6 Å². The van der Waals surface area contributed by atoms with E-state index >= 15 is 0 Å². The number of pyridine rings is 2. The Kier molecular flexibility index (Phi) is 6.21. The predicted octanol–water partition coefficient (Wildman–Crippen LogP) is 5.01. The number of hydrogen-bond donors (Lipinski definition) is 3. The number of rotatable bonds is 6. The molecule has 2 aromatic heterocycles. The topological polar surface area (TPSA) is 104 Å². The summed E-state index contributed by atoms with van der Waals surface area (Å²) in [6, 6.07) is 16.0. The number of nitrogens with zero attached hydrogens (tertiary/aromatic N) is 2. The van der Waals surface area contributed by atoms with Gasteiger partial charge < -0.3 is 20.1 Å². The molecule has 0 amide bonds. The summed E-state index contributed by atoms with van der Waals surface area (Å²) in [7, 11) is 1.73. The van der Waals surface area contributed by atoms with Crippen molar-refractivity contribution < 1.29 is 15.0 Å². The van der Waals surface area contributed by atoms with Crippen LogP contribution >= 0.6 is 0 Å². The van der Waals surface area contributed by atoms with Gasteiger partial charge in [-0.05, 0) is 80.6 Å². The molecule has 0 aliphatic heterocycles. The first kappa shape index (κ1) is 24.2. The van der Waals surface area contributed by atoms with Gasteiger partial charge in [0.2, 0.25) is 0 Å².